The van der Waals surface area contributed by atoms with E-state index in [1.54, 1.807) is 30.6 Å². The van der Waals surface area contributed by atoms with E-state index in [0.29, 0.717) is 17.9 Å². The van der Waals surface area contributed by atoms with Gasteiger partial charge < -0.3 is 15.4 Å². The van der Waals surface area contributed by atoms with E-state index < -0.39 is 0 Å². The van der Waals surface area contributed by atoms with Crippen LogP contribution in [-0.2, 0) is 6.54 Å². The summed E-state index contributed by atoms with van der Waals surface area (Å²) in [5.74, 6) is 0.496. The smallest absolute Gasteiger partial charge is 0.274 e. The molecule has 6 heteroatoms. The molecule has 0 saturated carbocycles. The fourth-order valence-corrected chi connectivity index (χ4v) is 2.44. The molecule has 1 amide bonds. The SMILES string of the molecule is CC(C)Oc1ccc(NC(=O)c2cc(NCc3ccccn3)ccn2)cc1. The summed E-state index contributed by atoms with van der Waals surface area (Å²) in [5.41, 5.74) is 2.75. The second kappa shape index (κ2) is 8.80. The number of hydrogen-bond donors (Lipinski definition) is 2. The van der Waals surface area contributed by atoms with Crippen LogP contribution in [0.25, 0.3) is 0 Å². The number of amides is 1. The number of nitrogens with one attached hydrogen (secondary N) is 2. The third kappa shape index (κ3) is 5.54. The van der Waals surface area contributed by atoms with Gasteiger partial charge in [0.1, 0.15) is 11.4 Å². The molecule has 27 heavy (non-hydrogen) atoms. The van der Waals surface area contributed by atoms with E-state index >= 15 is 0 Å². The van der Waals surface area contributed by atoms with Crippen LogP contribution in [0.15, 0.2) is 67.0 Å². The van der Waals surface area contributed by atoms with E-state index in [2.05, 4.69) is 20.6 Å². The molecular formula is C21H22N4O2. The van der Waals surface area contributed by atoms with Gasteiger partial charge in [-0.25, -0.2) is 0 Å². The molecule has 138 valence electrons. The summed E-state index contributed by atoms with van der Waals surface area (Å²) < 4.78 is 5.60. The first-order chi connectivity index (χ1) is 13.1. The zero-order valence-electron chi connectivity index (χ0n) is 15.3. The number of aromatic nitrogens is 2. The molecule has 0 atom stereocenters. The fourth-order valence-electron chi connectivity index (χ4n) is 2.44. The Hall–Kier alpha value is -3.41. The van der Waals surface area contributed by atoms with Crippen molar-refractivity contribution in [3.63, 3.8) is 0 Å². The normalized spacial score (nSPS) is 10.5. The highest BCUT2D eigenvalue weighted by atomic mass is 16.5. The Kier molecular flexibility index (Phi) is 5.99. The molecule has 0 unspecified atom stereocenters. The lowest BCUT2D eigenvalue weighted by Crippen LogP contribution is -2.14. The molecule has 0 bridgehead atoms. The maximum atomic E-state index is 12.5. The molecule has 0 fully saturated rings. The van der Waals surface area contributed by atoms with Crippen molar-refractivity contribution in [3.05, 3.63) is 78.4 Å². The van der Waals surface area contributed by atoms with Crippen molar-refractivity contribution < 1.29 is 9.53 Å². The minimum Gasteiger partial charge on any atom is -0.491 e. The third-order valence-corrected chi connectivity index (χ3v) is 3.68. The number of pyridine rings is 2. The largest absolute Gasteiger partial charge is 0.491 e. The van der Waals surface area contributed by atoms with E-state index in [-0.39, 0.29) is 12.0 Å². The van der Waals surface area contributed by atoms with Gasteiger partial charge in [0.2, 0.25) is 0 Å². The number of carbonyl (C=O) groups is 1. The number of benzene rings is 1. The molecule has 3 rings (SSSR count). The van der Waals surface area contributed by atoms with Crippen LogP contribution >= 0.6 is 0 Å². The van der Waals surface area contributed by atoms with E-state index in [4.69, 9.17) is 4.74 Å². The maximum Gasteiger partial charge on any atom is 0.274 e. The van der Waals surface area contributed by atoms with E-state index in [0.717, 1.165) is 17.1 Å². The van der Waals surface area contributed by atoms with Crippen LogP contribution in [0.2, 0.25) is 0 Å². The van der Waals surface area contributed by atoms with Crippen LogP contribution in [0.5, 0.6) is 5.75 Å². The fraction of sp³-hybridized carbons (Fsp3) is 0.190. The highest BCUT2D eigenvalue weighted by Gasteiger charge is 2.09. The van der Waals surface area contributed by atoms with Gasteiger partial charge in [-0.1, -0.05) is 6.07 Å². The van der Waals surface area contributed by atoms with Gasteiger partial charge in [-0.3, -0.25) is 14.8 Å². The van der Waals surface area contributed by atoms with Gasteiger partial charge >= 0.3 is 0 Å². The standard InChI is InChI=1S/C21H22N4O2/c1-15(2)27-19-8-6-16(7-9-19)25-21(26)20-13-17(10-12-23-20)24-14-18-5-3-4-11-22-18/h3-13,15H,14H2,1-2H3,(H,23,24)(H,25,26). The van der Waals surface area contributed by atoms with Crippen LogP contribution in [0.4, 0.5) is 11.4 Å². The van der Waals surface area contributed by atoms with Crippen molar-refractivity contribution in [3.8, 4) is 5.75 Å². The number of nitrogens with zero attached hydrogens (tertiary/aromatic N) is 2. The lowest BCUT2D eigenvalue weighted by molar-refractivity contribution is 0.102. The van der Waals surface area contributed by atoms with Crippen LogP contribution in [0.3, 0.4) is 0 Å². The van der Waals surface area contributed by atoms with Gasteiger partial charge in [-0.2, -0.15) is 0 Å². The van der Waals surface area contributed by atoms with Crippen molar-refractivity contribution in [2.45, 2.75) is 26.5 Å². The average Bonchev–Trinajstić information content (AvgIpc) is 2.68. The summed E-state index contributed by atoms with van der Waals surface area (Å²) in [7, 11) is 0. The predicted molar refractivity (Wildman–Crippen MR) is 106 cm³/mol. The molecule has 0 radical (unpaired) electrons. The lowest BCUT2D eigenvalue weighted by Gasteiger charge is -2.11. The van der Waals surface area contributed by atoms with Crippen molar-refractivity contribution in [1.29, 1.82) is 0 Å². The Morgan fingerprint density at radius 1 is 1.00 bits per heavy atom. The summed E-state index contributed by atoms with van der Waals surface area (Å²) in [6, 6.07) is 16.5. The van der Waals surface area contributed by atoms with Gasteiger partial charge in [-0.05, 0) is 62.4 Å². The van der Waals surface area contributed by atoms with Gasteiger partial charge in [0.05, 0.1) is 18.3 Å². The van der Waals surface area contributed by atoms with Gasteiger partial charge in [0, 0.05) is 23.8 Å². The van der Waals surface area contributed by atoms with Crippen molar-refractivity contribution in [1.82, 2.24) is 9.97 Å². The number of ether oxygens (including phenoxy) is 1. The number of carbonyl (C=O) groups excluding carboxylic acids is 1. The minimum absolute atomic E-state index is 0.107. The third-order valence-electron chi connectivity index (χ3n) is 3.68. The average molecular weight is 362 g/mol. The molecule has 0 saturated heterocycles. The van der Waals surface area contributed by atoms with E-state index in [9.17, 15) is 4.79 Å². The summed E-state index contributed by atoms with van der Waals surface area (Å²) >= 11 is 0. The maximum absolute atomic E-state index is 12.5. The van der Waals surface area contributed by atoms with Crippen molar-refractivity contribution in [2.24, 2.45) is 0 Å². The molecule has 6 nitrogen and oxygen atoms in total. The quantitative estimate of drug-likeness (QED) is 0.661. The second-order valence-corrected chi connectivity index (χ2v) is 6.25. The monoisotopic (exact) mass is 362 g/mol. The summed E-state index contributed by atoms with van der Waals surface area (Å²) in [6.07, 6.45) is 3.46. The van der Waals surface area contributed by atoms with Crippen molar-refractivity contribution in [2.75, 3.05) is 10.6 Å². The first-order valence-electron chi connectivity index (χ1n) is 8.78. The molecule has 2 aromatic heterocycles. The highest BCUT2D eigenvalue weighted by Crippen LogP contribution is 2.18. The Labute approximate surface area is 158 Å². The number of hydrogen-bond acceptors (Lipinski definition) is 5. The summed E-state index contributed by atoms with van der Waals surface area (Å²) in [4.78, 5) is 20.9. The predicted octanol–water partition coefficient (Wildman–Crippen LogP) is 4.13. The molecule has 0 aliphatic carbocycles. The Morgan fingerprint density at radius 3 is 2.52 bits per heavy atom. The molecule has 0 spiro atoms. The number of rotatable bonds is 7. The van der Waals surface area contributed by atoms with E-state index in [1.807, 2.05) is 50.2 Å². The number of anilines is 2. The van der Waals surface area contributed by atoms with E-state index in [1.165, 1.54) is 0 Å². The lowest BCUT2D eigenvalue weighted by atomic mass is 10.2. The Morgan fingerprint density at radius 2 is 1.81 bits per heavy atom. The summed E-state index contributed by atoms with van der Waals surface area (Å²) in [6.45, 7) is 4.51. The first-order valence-corrected chi connectivity index (χ1v) is 8.78. The zero-order valence-corrected chi connectivity index (χ0v) is 15.3. The van der Waals surface area contributed by atoms with Crippen LogP contribution < -0.4 is 15.4 Å². The van der Waals surface area contributed by atoms with Gasteiger partial charge in [0.25, 0.3) is 5.91 Å². The van der Waals surface area contributed by atoms with Crippen LogP contribution in [0, 0.1) is 0 Å². The van der Waals surface area contributed by atoms with Crippen molar-refractivity contribution >= 4 is 17.3 Å². The van der Waals surface area contributed by atoms with Crippen LogP contribution in [-0.4, -0.2) is 22.0 Å². The zero-order chi connectivity index (χ0) is 19.1. The first kappa shape index (κ1) is 18.4. The molecule has 0 aliphatic heterocycles. The van der Waals surface area contributed by atoms with Crippen LogP contribution in [0.1, 0.15) is 30.0 Å². The molecule has 0 aliphatic rings. The molecule has 3 aromatic rings. The second-order valence-electron chi connectivity index (χ2n) is 6.25. The topological polar surface area (TPSA) is 76.1 Å². The molecule has 2 N–H and O–H groups in total. The molecule has 1 aromatic carbocycles. The minimum atomic E-state index is -0.269. The Bertz CT molecular complexity index is 880. The van der Waals surface area contributed by atoms with Gasteiger partial charge in [0.15, 0.2) is 0 Å². The highest BCUT2D eigenvalue weighted by molar-refractivity contribution is 6.03. The van der Waals surface area contributed by atoms with Gasteiger partial charge in [-0.15, -0.1) is 0 Å². The Balaban J connectivity index is 1.61. The molecule has 2 heterocycles. The summed E-state index contributed by atoms with van der Waals surface area (Å²) in [5, 5.41) is 6.09. The molecular weight excluding hydrogens is 340 g/mol.